The molecule has 0 radical (unpaired) electrons. The summed E-state index contributed by atoms with van der Waals surface area (Å²) >= 11 is 6.00. The first-order valence-electron chi connectivity index (χ1n) is 5.77. The highest BCUT2D eigenvalue weighted by Gasteiger charge is 2.20. The Hall–Kier alpha value is -1.22. The van der Waals surface area contributed by atoms with Crippen LogP contribution in [0, 0.1) is 0 Å². The Bertz CT molecular complexity index is 383. The van der Waals surface area contributed by atoms with Crippen LogP contribution < -0.4 is 5.32 Å². The maximum Gasteiger partial charge on any atom is 0.322 e. The predicted octanol–water partition coefficient (Wildman–Crippen LogP) is 3.99. The van der Waals surface area contributed by atoms with Crippen LogP contribution in [-0.2, 0) is 0 Å². The molecule has 0 spiro atoms. The number of hydrogen-bond acceptors (Lipinski definition) is 1. The van der Waals surface area contributed by atoms with E-state index in [1.807, 2.05) is 39.8 Å². The molecule has 1 aromatic carbocycles. The van der Waals surface area contributed by atoms with E-state index in [4.69, 9.17) is 11.6 Å². The Labute approximate surface area is 108 Å². The van der Waals surface area contributed by atoms with Crippen LogP contribution in [-0.4, -0.2) is 23.0 Å². The van der Waals surface area contributed by atoms with Crippen LogP contribution in [0.4, 0.5) is 10.5 Å². The molecule has 4 heteroatoms. The molecule has 94 valence electrons. The van der Waals surface area contributed by atoms with E-state index in [1.165, 1.54) is 0 Å². The maximum atomic E-state index is 12.1. The second kappa shape index (κ2) is 5.92. The third-order valence-corrected chi connectivity index (χ3v) is 2.79. The highest BCUT2D eigenvalue weighted by atomic mass is 35.5. The van der Waals surface area contributed by atoms with Gasteiger partial charge >= 0.3 is 6.03 Å². The van der Waals surface area contributed by atoms with Crippen molar-refractivity contribution in [2.45, 2.75) is 39.8 Å². The van der Waals surface area contributed by atoms with E-state index in [1.54, 1.807) is 17.0 Å². The number of rotatable bonds is 3. The molecule has 0 saturated heterocycles. The Morgan fingerprint density at radius 3 is 2.18 bits per heavy atom. The highest BCUT2D eigenvalue weighted by Crippen LogP contribution is 2.21. The number of benzene rings is 1. The van der Waals surface area contributed by atoms with Crippen molar-refractivity contribution in [1.29, 1.82) is 0 Å². The van der Waals surface area contributed by atoms with Crippen LogP contribution in [0.1, 0.15) is 27.7 Å². The summed E-state index contributed by atoms with van der Waals surface area (Å²) in [4.78, 5) is 13.9. The third-order valence-electron chi connectivity index (χ3n) is 2.46. The van der Waals surface area contributed by atoms with Crippen LogP contribution in [0.25, 0.3) is 0 Å². The molecule has 0 unspecified atom stereocenters. The average Bonchev–Trinajstić information content (AvgIpc) is 2.20. The second-order valence-corrected chi connectivity index (χ2v) is 4.91. The molecular formula is C13H19ClN2O. The number of amides is 2. The zero-order valence-electron chi connectivity index (χ0n) is 10.7. The minimum atomic E-state index is -0.122. The quantitative estimate of drug-likeness (QED) is 0.869. The zero-order valence-corrected chi connectivity index (χ0v) is 11.5. The Balaban J connectivity index is 2.81. The number of halogens is 1. The van der Waals surface area contributed by atoms with Crippen molar-refractivity contribution in [2.24, 2.45) is 0 Å². The number of hydrogen-bond donors (Lipinski definition) is 1. The molecule has 0 aliphatic heterocycles. The van der Waals surface area contributed by atoms with Gasteiger partial charge in [-0.2, -0.15) is 0 Å². The highest BCUT2D eigenvalue weighted by molar-refractivity contribution is 6.33. The molecule has 0 saturated carbocycles. The summed E-state index contributed by atoms with van der Waals surface area (Å²) in [6.45, 7) is 7.97. The SMILES string of the molecule is CC(C)N(C(=O)Nc1ccccc1Cl)C(C)C. The van der Waals surface area contributed by atoms with Crippen LogP contribution in [0.3, 0.4) is 0 Å². The summed E-state index contributed by atoms with van der Waals surface area (Å²) in [5, 5.41) is 3.38. The molecule has 1 aromatic rings. The summed E-state index contributed by atoms with van der Waals surface area (Å²) in [5.41, 5.74) is 0.644. The topological polar surface area (TPSA) is 32.3 Å². The van der Waals surface area contributed by atoms with Crippen LogP contribution in [0.2, 0.25) is 5.02 Å². The largest absolute Gasteiger partial charge is 0.322 e. The van der Waals surface area contributed by atoms with Crippen molar-refractivity contribution in [1.82, 2.24) is 4.90 Å². The Morgan fingerprint density at radius 2 is 1.71 bits per heavy atom. The lowest BCUT2D eigenvalue weighted by atomic mass is 10.2. The summed E-state index contributed by atoms with van der Waals surface area (Å²) in [6, 6.07) is 7.40. The van der Waals surface area contributed by atoms with Gasteiger partial charge in [0.15, 0.2) is 0 Å². The molecule has 3 nitrogen and oxygen atoms in total. The van der Waals surface area contributed by atoms with Crippen molar-refractivity contribution >= 4 is 23.3 Å². The minimum absolute atomic E-state index is 0.122. The molecule has 0 atom stereocenters. The van der Waals surface area contributed by atoms with Gasteiger partial charge < -0.3 is 10.2 Å². The van der Waals surface area contributed by atoms with Crippen molar-refractivity contribution in [3.63, 3.8) is 0 Å². The molecule has 2 amide bonds. The van der Waals surface area contributed by atoms with E-state index in [-0.39, 0.29) is 18.1 Å². The monoisotopic (exact) mass is 254 g/mol. The Morgan fingerprint density at radius 1 is 1.18 bits per heavy atom. The fourth-order valence-electron chi connectivity index (χ4n) is 1.81. The molecule has 0 aliphatic rings. The molecule has 1 N–H and O–H groups in total. The van der Waals surface area contributed by atoms with Gasteiger partial charge in [-0.1, -0.05) is 23.7 Å². The van der Waals surface area contributed by atoms with Crippen molar-refractivity contribution in [3.8, 4) is 0 Å². The summed E-state index contributed by atoms with van der Waals surface area (Å²) < 4.78 is 0. The first kappa shape index (κ1) is 13.8. The average molecular weight is 255 g/mol. The van der Waals surface area contributed by atoms with Gasteiger partial charge in [0.05, 0.1) is 10.7 Å². The van der Waals surface area contributed by atoms with Gasteiger partial charge in [-0.25, -0.2) is 4.79 Å². The van der Waals surface area contributed by atoms with E-state index >= 15 is 0 Å². The normalized spacial score (nSPS) is 10.8. The smallest absolute Gasteiger partial charge is 0.320 e. The van der Waals surface area contributed by atoms with E-state index in [2.05, 4.69) is 5.32 Å². The zero-order chi connectivity index (χ0) is 13.0. The summed E-state index contributed by atoms with van der Waals surface area (Å²) in [6.07, 6.45) is 0. The minimum Gasteiger partial charge on any atom is -0.320 e. The van der Waals surface area contributed by atoms with Gasteiger partial charge in [0, 0.05) is 12.1 Å². The summed E-state index contributed by atoms with van der Waals surface area (Å²) in [5.74, 6) is 0. The third kappa shape index (κ3) is 3.63. The summed E-state index contributed by atoms with van der Waals surface area (Å²) in [7, 11) is 0. The van der Waals surface area contributed by atoms with Crippen LogP contribution in [0.5, 0.6) is 0 Å². The number of anilines is 1. The Kier molecular flexibility index (Phi) is 4.82. The molecule has 0 aliphatic carbocycles. The lowest BCUT2D eigenvalue weighted by Crippen LogP contribution is -2.44. The molecule has 0 heterocycles. The van der Waals surface area contributed by atoms with E-state index in [0.717, 1.165) is 0 Å². The van der Waals surface area contributed by atoms with Gasteiger partial charge in [-0.15, -0.1) is 0 Å². The number of nitrogens with one attached hydrogen (secondary N) is 1. The van der Waals surface area contributed by atoms with E-state index in [0.29, 0.717) is 10.7 Å². The molecule has 1 rings (SSSR count). The second-order valence-electron chi connectivity index (χ2n) is 4.50. The molecule has 0 aromatic heterocycles. The van der Waals surface area contributed by atoms with Crippen molar-refractivity contribution in [2.75, 3.05) is 5.32 Å². The number of nitrogens with zero attached hydrogens (tertiary/aromatic N) is 1. The fraction of sp³-hybridized carbons (Fsp3) is 0.462. The molecule has 0 bridgehead atoms. The first-order chi connectivity index (χ1) is 7.93. The number of carbonyl (C=O) groups excluding carboxylic acids is 1. The van der Waals surface area contributed by atoms with Gasteiger partial charge in [-0.3, -0.25) is 0 Å². The number of para-hydroxylation sites is 1. The van der Waals surface area contributed by atoms with Crippen molar-refractivity contribution in [3.05, 3.63) is 29.3 Å². The maximum absolute atomic E-state index is 12.1. The predicted molar refractivity (Wildman–Crippen MR) is 72.6 cm³/mol. The molecule has 0 fully saturated rings. The van der Waals surface area contributed by atoms with E-state index < -0.39 is 0 Å². The fourth-order valence-corrected chi connectivity index (χ4v) is 1.99. The molecule has 17 heavy (non-hydrogen) atoms. The van der Waals surface area contributed by atoms with Crippen LogP contribution >= 0.6 is 11.6 Å². The number of carbonyl (C=O) groups is 1. The van der Waals surface area contributed by atoms with Gasteiger partial charge in [0.2, 0.25) is 0 Å². The van der Waals surface area contributed by atoms with Crippen LogP contribution in [0.15, 0.2) is 24.3 Å². The van der Waals surface area contributed by atoms with Crippen molar-refractivity contribution < 1.29 is 4.79 Å². The number of urea groups is 1. The van der Waals surface area contributed by atoms with Gasteiger partial charge in [0.25, 0.3) is 0 Å². The van der Waals surface area contributed by atoms with Gasteiger partial charge in [-0.05, 0) is 39.8 Å². The lowest BCUT2D eigenvalue weighted by Gasteiger charge is -2.30. The van der Waals surface area contributed by atoms with E-state index in [9.17, 15) is 4.79 Å². The molecular weight excluding hydrogens is 236 g/mol. The first-order valence-corrected chi connectivity index (χ1v) is 6.15. The lowest BCUT2D eigenvalue weighted by molar-refractivity contribution is 0.178. The standard InChI is InChI=1S/C13H19ClN2O/c1-9(2)16(10(3)4)13(17)15-12-8-6-5-7-11(12)14/h5-10H,1-4H3,(H,15,17). The van der Waals surface area contributed by atoms with Gasteiger partial charge in [0.1, 0.15) is 0 Å².